The Kier molecular flexibility index (Phi) is 6.30. The molecule has 182 valence electrons. The van der Waals surface area contributed by atoms with Crippen molar-refractivity contribution in [3.8, 4) is 0 Å². The maximum atomic E-state index is 12.8. The van der Waals surface area contributed by atoms with Crippen LogP contribution in [0.1, 0.15) is 0 Å². The molecule has 2 aliphatic rings. The van der Waals surface area contributed by atoms with Gasteiger partial charge in [0.15, 0.2) is 0 Å². The standard InChI is InChI=1S/C23H22ClN5O5S/c1-27-20-15(3-2-4-16(20)24)21(31)28(22(27)32)8-7-25-10-14-11-29(23(33)34-14)13-5-6-18-17(9-13)26-19(30)12-35-18/h2-6,9,14,25H,7-8,10-12H2,1H3,(H,26,30). The molecule has 3 heterocycles. The van der Waals surface area contributed by atoms with Crippen LogP contribution in [-0.4, -0.2) is 52.6 Å². The molecule has 1 atom stereocenters. The highest BCUT2D eigenvalue weighted by molar-refractivity contribution is 8.00. The van der Waals surface area contributed by atoms with E-state index >= 15 is 0 Å². The van der Waals surface area contributed by atoms with Crippen LogP contribution in [0.2, 0.25) is 5.02 Å². The SMILES string of the molecule is Cn1c(=O)n(CCNCC2CN(c3ccc4c(c3)NC(=O)CS4)C(=O)O2)c(=O)c2cccc(Cl)c21. The topological polar surface area (TPSA) is 115 Å². The molecule has 1 unspecified atom stereocenters. The number of ether oxygens (including phenoxy) is 1. The number of hydrogen-bond donors (Lipinski definition) is 2. The number of carbonyl (C=O) groups is 2. The molecule has 1 fully saturated rings. The van der Waals surface area contributed by atoms with Crippen LogP contribution in [0.5, 0.6) is 0 Å². The van der Waals surface area contributed by atoms with Crippen molar-refractivity contribution in [2.24, 2.45) is 7.05 Å². The number of rotatable bonds is 6. The molecule has 0 aliphatic carbocycles. The van der Waals surface area contributed by atoms with Gasteiger partial charge >= 0.3 is 11.8 Å². The zero-order valence-electron chi connectivity index (χ0n) is 18.7. The first-order chi connectivity index (χ1) is 16.8. The van der Waals surface area contributed by atoms with E-state index in [1.807, 2.05) is 12.1 Å². The lowest BCUT2D eigenvalue weighted by atomic mass is 10.2. The maximum Gasteiger partial charge on any atom is 0.414 e. The third-order valence-electron chi connectivity index (χ3n) is 5.98. The summed E-state index contributed by atoms with van der Waals surface area (Å²) >= 11 is 7.64. The third kappa shape index (κ3) is 4.42. The van der Waals surface area contributed by atoms with Gasteiger partial charge in [-0.15, -0.1) is 11.8 Å². The van der Waals surface area contributed by atoms with Crippen LogP contribution in [0, 0.1) is 0 Å². The number of nitrogens with one attached hydrogen (secondary N) is 2. The van der Waals surface area contributed by atoms with Crippen molar-refractivity contribution in [2.75, 3.05) is 35.6 Å². The summed E-state index contributed by atoms with van der Waals surface area (Å²) in [5, 5.41) is 6.70. The summed E-state index contributed by atoms with van der Waals surface area (Å²) in [6.45, 7) is 1.17. The van der Waals surface area contributed by atoms with Crippen LogP contribution in [0.25, 0.3) is 10.9 Å². The fraction of sp³-hybridized carbons (Fsp3) is 0.304. The van der Waals surface area contributed by atoms with E-state index in [9.17, 15) is 19.2 Å². The average molecular weight is 516 g/mol. The summed E-state index contributed by atoms with van der Waals surface area (Å²) in [6, 6.07) is 10.4. The fourth-order valence-corrected chi connectivity index (χ4v) is 5.36. The lowest BCUT2D eigenvalue weighted by molar-refractivity contribution is -0.113. The number of thioether (sulfide) groups is 1. The number of hydrogen-bond acceptors (Lipinski definition) is 7. The van der Waals surface area contributed by atoms with E-state index in [4.69, 9.17) is 16.3 Å². The Morgan fingerprint density at radius 2 is 2.03 bits per heavy atom. The van der Waals surface area contributed by atoms with Gasteiger partial charge in [0.2, 0.25) is 5.91 Å². The Labute approximate surface area is 208 Å². The fourth-order valence-electron chi connectivity index (χ4n) is 4.27. The molecule has 12 heteroatoms. The number of halogens is 1. The molecule has 2 aliphatic heterocycles. The summed E-state index contributed by atoms with van der Waals surface area (Å²) in [6.07, 6.45) is -0.875. The number of aryl methyl sites for hydroxylation is 1. The van der Waals surface area contributed by atoms with Crippen molar-refractivity contribution < 1.29 is 14.3 Å². The summed E-state index contributed by atoms with van der Waals surface area (Å²) in [7, 11) is 1.58. The van der Waals surface area contributed by atoms with Crippen molar-refractivity contribution >= 4 is 57.6 Å². The molecule has 1 aromatic heterocycles. The molecule has 35 heavy (non-hydrogen) atoms. The molecular weight excluding hydrogens is 494 g/mol. The van der Waals surface area contributed by atoms with Crippen molar-refractivity contribution in [3.05, 3.63) is 62.3 Å². The zero-order chi connectivity index (χ0) is 24.7. The first-order valence-corrected chi connectivity index (χ1v) is 12.3. The Morgan fingerprint density at radius 1 is 1.20 bits per heavy atom. The van der Waals surface area contributed by atoms with Crippen molar-refractivity contribution in [3.63, 3.8) is 0 Å². The van der Waals surface area contributed by atoms with Gasteiger partial charge in [0, 0.05) is 37.3 Å². The van der Waals surface area contributed by atoms with Gasteiger partial charge in [0.1, 0.15) is 6.10 Å². The van der Waals surface area contributed by atoms with E-state index in [1.165, 1.54) is 21.2 Å². The largest absolute Gasteiger partial charge is 0.443 e. The smallest absolute Gasteiger partial charge is 0.414 e. The normalized spacial score (nSPS) is 17.4. The lowest BCUT2D eigenvalue weighted by Gasteiger charge is -2.20. The number of para-hydroxylation sites is 1. The Balaban J connectivity index is 1.22. The molecule has 2 aromatic carbocycles. The monoisotopic (exact) mass is 515 g/mol. The van der Waals surface area contributed by atoms with Crippen molar-refractivity contribution in [2.45, 2.75) is 17.5 Å². The van der Waals surface area contributed by atoms with Crippen LogP contribution in [-0.2, 0) is 23.1 Å². The molecular formula is C23H22ClN5O5S. The van der Waals surface area contributed by atoms with Gasteiger partial charge in [0.25, 0.3) is 5.56 Å². The molecule has 5 rings (SSSR count). The van der Waals surface area contributed by atoms with E-state index in [1.54, 1.807) is 31.3 Å². The van der Waals surface area contributed by atoms with Gasteiger partial charge in [-0.25, -0.2) is 9.59 Å². The van der Waals surface area contributed by atoms with Gasteiger partial charge in [-0.1, -0.05) is 17.7 Å². The van der Waals surface area contributed by atoms with Gasteiger partial charge in [0.05, 0.1) is 33.9 Å². The molecule has 10 nitrogen and oxygen atoms in total. The van der Waals surface area contributed by atoms with E-state index in [-0.39, 0.29) is 12.5 Å². The summed E-state index contributed by atoms with van der Waals surface area (Å²) in [4.78, 5) is 52.1. The first kappa shape index (κ1) is 23.5. The summed E-state index contributed by atoms with van der Waals surface area (Å²) in [5.74, 6) is 0.297. The predicted octanol–water partition coefficient (Wildman–Crippen LogP) is 2.01. The molecule has 0 saturated carbocycles. The summed E-state index contributed by atoms with van der Waals surface area (Å²) in [5.41, 5.74) is 0.884. The Hall–Kier alpha value is -3.28. The van der Waals surface area contributed by atoms with Crippen LogP contribution in [0.3, 0.4) is 0 Å². The quantitative estimate of drug-likeness (QED) is 0.483. The second-order valence-corrected chi connectivity index (χ2v) is 9.70. The molecule has 0 spiro atoms. The molecule has 0 radical (unpaired) electrons. The lowest BCUT2D eigenvalue weighted by Crippen LogP contribution is -2.42. The minimum absolute atomic E-state index is 0.0748. The van der Waals surface area contributed by atoms with Crippen LogP contribution < -0.4 is 26.8 Å². The van der Waals surface area contributed by atoms with Crippen LogP contribution in [0.4, 0.5) is 16.2 Å². The average Bonchev–Trinajstić information content (AvgIpc) is 3.21. The highest BCUT2D eigenvalue weighted by atomic mass is 35.5. The maximum absolute atomic E-state index is 12.8. The molecule has 2 amide bonds. The number of aromatic nitrogens is 2. The Morgan fingerprint density at radius 3 is 2.86 bits per heavy atom. The van der Waals surface area contributed by atoms with Crippen LogP contribution >= 0.6 is 23.4 Å². The van der Waals surface area contributed by atoms with Gasteiger partial charge < -0.3 is 15.4 Å². The second-order valence-electron chi connectivity index (χ2n) is 8.27. The van der Waals surface area contributed by atoms with E-state index in [0.29, 0.717) is 52.7 Å². The van der Waals surface area contributed by atoms with Crippen molar-refractivity contribution in [1.29, 1.82) is 0 Å². The molecule has 3 aromatic rings. The van der Waals surface area contributed by atoms with Crippen molar-refractivity contribution in [1.82, 2.24) is 14.5 Å². The van der Waals surface area contributed by atoms with E-state index < -0.39 is 23.4 Å². The Bertz CT molecular complexity index is 1470. The number of cyclic esters (lactones) is 1. The van der Waals surface area contributed by atoms with Gasteiger partial charge in [-0.2, -0.15) is 0 Å². The number of anilines is 2. The number of nitrogens with zero attached hydrogens (tertiary/aromatic N) is 3. The van der Waals surface area contributed by atoms with E-state index in [2.05, 4.69) is 10.6 Å². The summed E-state index contributed by atoms with van der Waals surface area (Å²) < 4.78 is 8.00. The second kappa shape index (κ2) is 9.40. The van der Waals surface area contributed by atoms with Gasteiger partial charge in [-0.05, 0) is 30.3 Å². The molecule has 1 saturated heterocycles. The van der Waals surface area contributed by atoms with E-state index in [0.717, 1.165) is 9.46 Å². The van der Waals surface area contributed by atoms with Crippen LogP contribution in [0.15, 0.2) is 50.9 Å². The zero-order valence-corrected chi connectivity index (χ0v) is 20.3. The predicted molar refractivity (Wildman–Crippen MR) is 135 cm³/mol. The highest BCUT2D eigenvalue weighted by Crippen LogP contribution is 2.35. The number of fused-ring (bicyclic) bond motifs is 2. The minimum atomic E-state index is -0.469. The highest BCUT2D eigenvalue weighted by Gasteiger charge is 2.32. The molecule has 0 bridgehead atoms. The number of carbonyl (C=O) groups excluding carboxylic acids is 2. The minimum Gasteiger partial charge on any atom is -0.443 e. The molecule has 2 N–H and O–H groups in total. The van der Waals surface area contributed by atoms with Gasteiger partial charge in [-0.3, -0.25) is 23.6 Å². The number of amides is 2. The third-order valence-corrected chi connectivity index (χ3v) is 7.36. The first-order valence-electron chi connectivity index (χ1n) is 11.0. The number of benzene rings is 2.